The van der Waals surface area contributed by atoms with Crippen molar-refractivity contribution in [2.24, 2.45) is 5.92 Å². The molecule has 1 saturated carbocycles. The number of nitrogens with zero attached hydrogens (tertiary/aromatic N) is 1. The van der Waals surface area contributed by atoms with Crippen molar-refractivity contribution < 1.29 is 9.53 Å². The van der Waals surface area contributed by atoms with Crippen LogP contribution in [0.5, 0.6) is 0 Å². The highest BCUT2D eigenvalue weighted by molar-refractivity contribution is 5.75. The Labute approximate surface area is 137 Å². The molecule has 2 amide bonds. The normalized spacial score (nSPS) is 31.2. The van der Waals surface area contributed by atoms with Crippen molar-refractivity contribution in [2.45, 2.75) is 69.2 Å². The van der Waals surface area contributed by atoms with E-state index in [0.29, 0.717) is 12.0 Å². The molecule has 2 N–H and O–H groups in total. The van der Waals surface area contributed by atoms with Crippen LogP contribution in [0.25, 0.3) is 0 Å². The van der Waals surface area contributed by atoms with Gasteiger partial charge in [-0.1, -0.05) is 18.9 Å². The van der Waals surface area contributed by atoms with Crippen LogP contribution in [0.1, 0.15) is 56.7 Å². The zero-order valence-corrected chi connectivity index (χ0v) is 13.4. The maximum atomic E-state index is 12.5. The molecule has 124 valence electrons. The second-order valence-electron chi connectivity index (χ2n) is 7.11. The van der Waals surface area contributed by atoms with Crippen molar-refractivity contribution in [3.05, 3.63) is 30.1 Å². The van der Waals surface area contributed by atoms with E-state index in [9.17, 15) is 4.79 Å². The van der Waals surface area contributed by atoms with E-state index >= 15 is 0 Å². The van der Waals surface area contributed by atoms with Gasteiger partial charge < -0.3 is 15.4 Å². The van der Waals surface area contributed by atoms with Gasteiger partial charge in [0.15, 0.2) is 0 Å². The standard InChI is InChI=1S/C18H25N3O2/c22-18(20-15-11-13-8-9-16(15)23-13)21-17(12-5-1-2-6-12)14-7-3-4-10-19-14/h3-4,7,10,12-13,15-17H,1-2,5-6,8-9,11H2,(H2,20,21,22). The van der Waals surface area contributed by atoms with Crippen LogP contribution in [0.15, 0.2) is 24.4 Å². The number of hydrogen-bond acceptors (Lipinski definition) is 3. The zero-order chi connectivity index (χ0) is 15.6. The Morgan fingerprint density at radius 3 is 2.74 bits per heavy atom. The van der Waals surface area contributed by atoms with Crippen molar-refractivity contribution in [2.75, 3.05) is 0 Å². The summed E-state index contributed by atoms with van der Waals surface area (Å²) in [5.41, 5.74) is 0.971. The average molecular weight is 315 g/mol. The number of carbonyl (C=O) groups is 1. The lowest BCUT2D eigenvalue weighted by Gasteiger charge is -2.26. The second kappa shape index (κ2) is 6.48. The highest BCUT2D eigenvalue weighted by Crippen LogP contribution is 2.36. The van der Waals surface area contributed by atoms with E-state index in [-0.39, 0.29) is 24.2 Å². The topological polar surface area (TPSA) is 63.2 Å². The molecule has 5 heteroatoms. The van der Waals surface area contributed by atoms with Crippen molar-refractivity contribution >= 4 is 6.03 Å². The number of carbonyl (C=O) groups excluding carboxylic acids is 1. The van der Waals surface area contributed by atoms with Crippen LogP contribution in [0.4, 0.5) is 4.79 Å². The number of rotatable bonds is 4. The highest BCUT2D eigenvalue weighted by atomic mass is 16.5. The predicted molar refractivity (Wildman–Crippen MR) is 86.9 cm³/mol. The minimum Gasteiger partial charge on any atom is -0.373 e. The molecule has 1 aliphatic carbocycles. The third kappa shape index (κ3) is 3.20. The van der Waals surface area contributed by atoms with Crippen LogP contribution in [-0.2, 0) is 4.74 Å². The molecule has 2 bridgehead atoms. The van der Waals surface area contributed by atoms with Gasteiger partial charge >= 0.3 is 6.03 Å². The van der Waals surface area contributed by atoms with E-state index in [0.717, 1.165) is 25.0 Å². The van der Waals surface area contributed by atoms with Crippen molar-refractivity contribution in [3.63, 3.8) is 0 Å². The summed E-state index contributed by atoms with van der Waals surface area (Å²) in [4.78, 5) is 17.0. The summed E-state index contributed by atoms with van der Waals surface area (Å²) in [6.07, 6.45) is 10.4. The largest absolute Gasteiger partial charge is 0.373 e. The number of nitrogens with one attached hydrogen (secondary N) is 2. The molecule has 3 heterocycles. The third-order valence-electron chi connectivity index (χ3n) is 5.59. The number of aromatic nitrogens is 1. The molecule has 23 heavy (non-hydrogen) atoms. The number of hydrogen-bond donors (Lipinski definition) is 2. The van der Waals surface area contributed by atoms with Gasteiger partial charge in [0.1, 0.15) is 0 Å². The van der Waals surface area contributed by atoms with Crippen LogP contribution in [0, 0.1) is 5.92 Å². The van der Waals surface area contributed by atoms with Gasteiger partial charge in [-0.05, 0) is 50.2 Å². The molecule has 0 spiro atoms. The Kier molecular flexibility index (Phi) is 4.21. The maximum Gasteiger partial charge on any atom is 0.315 e. The molecular formula is C18H25N3O2. The number of amides is 2. The summed E-state index contributed by atoms with van der Waals surface area (Å²) < 4.78 is 5.82. The molecule has 3 fully saturated rings. The SMILES string of the molecule is O=C(NC1CC2CCC1O2)NC(c1ccccn1)C1CCCC1. The van der Waals surface area contributed by atoms with Crippen LogP contribution in [0.2, 0.25) is 0 Å². The van der Waals surface area contributed by atoms with E-state index < -0.39 is 0 Å². The first-order valence-electron chi connectivity index (χ1n) is 8.93. The quantitative estimate of drug-likeness (QED) is 0.898. The van der Waals surface area contributed by atoms with Gasteiger partial charge in [0.05, 0.1) is 30.0 Å². The van der Waals surface area contributed by atoms with Gasteiger partial charge in [-0.25, -0.2) is 4.79 Å². The molecular weight excluding hydrogens is 290 g/mol. The van der Waals surface area contributed by atoms with Gasteiger partial charge in [-0.3, -0.25) is 4.98 Å². The molecule has 0 radical (unpaired) electrons. The van der Waals surface area contributed by atoms with E-state index in [1.807, 2.05) is 18.2 Å². The van der Waals surface area contributed by atoms with Gasteiger partial charge in [0, 0.05) is 6.20 Å². The lowest BCUT2D eigenvalue weighted by Crippen LogP contribution is -2.48. The molecule has 4 atom stereocenters. The van der Waals surface area contributed by atoms with Crippen molar-refractivity contribution in [3.8, 4) is 0 Å². The summed E-state index contributed by atoms with van der Waals surface area (Å²) in [5.74, 6) is 0.493. The smallest absolute Gasteiger partial charge is 0.315 e. The second-order valence-corrected chi connectivity index (χ2v) is 7.11. The molecule has 4 unspecified atom stereocenters. The number of urea groups is 1. The van der Waals surface area contributed by atoms with E-state index in [4.69, 9.17) is 4.74 Å². The summed E-state index contributed by atoms with van der Waals surface area (Å²) in [6.45, 7) is 0. The van der Waals surface area contributed by atoms with Crippen LogP contribution >= 0.6 is 0 Å². The van der Waals surface area contributed by atoms with Crippen molar-refractivity contribution in [1.82, 2.24) is 15.6 Å². The fraction of sp³-hybridized carbons (Fsp3) is 0.667. The molecule has 5 nitrogen and oxygen atoms in total. The first-order valence-corrected chi connectivity index (χ1v) is 8.93. The first kappa shape index (κ1) is 14.9. The van der Waals surface area contributed by atoms with Crippen molar-refractivity contribution in [1.29, 1.82) is 0 Å². The molecule has 4 rings (SSSR count). The van der Waals surface area contributed by atoms with Gasteiger partial charge in [-0.15, -0.1) is 0 Å². The van der Waals surface area contributed by atoms with E-state index in [1.54, 1.807) is 6.20 Å². The minimum atomic E-state index is -0.0753. The summed E-state index contributed by atoms with van der Waals surface area (Å²) >= 11 is 0. The Morgan fingerprint density at radius 1 is 1.22 bits per heavy atom. The minimum absolute atomic E-state index is 0.0122. The lowest BCUT2D eigenvalue weighted by atomic mass is 9.94. The summed E-state index contributed by atoms with van der Waals surface area (Å²) in [6, 6.07) is 6.04. The predicted octanol–water partition coefficient (Wildman–Crippen LogP) is 2.93. The molecule has 1 aromatic heterocycles. The maximum absolute atomic E-state index is 12.5. The summed E-state index contributed by atoms with van der Waals surface area (Å²) in [5, 5.41) is 6.32. The van der Waals surface area contributed by atoms with Crippen LogP contribution in [0.3, 0.4) is 0 Å². The lowest BCUT2D eigenvalue weighted by molar-refractivity contribution is 0.0979. The number of pyridine rings is 1. The summed E-state index contributed by atoms with van der Waals surface area (Å²) in [7, 11) is 0. The van der Waals surface area contributed by atoms with E-state index in [1.165, 1.54) is 25.7 Å². The molecule has 2 saturated heterocycles. The molecule has 3 aliphatic rings. The average Bonchev–Trinajstić information content (AvgIpc) is 3.31. The molecule has 0 aromatic carbocycles. The Bertz CT molecular complexity index is 544. The Balaban J connectivity index is 1.41. The Hall–Kier alpha value is -1.62. The van der Waals surface area contributed by atoms with Crippen LogP contribution in [-0.4, -0.2) is 29.3 Å². The zero-order valence-electron chi connectivity index (χ0n) is 13.4. The van der Waals surface area contributed by atoms with Gasteiger partial charge in [0.2, 0.25) is 0 Å². The van der Waals surface area contributed by atoms with Crippen LogP contribution < -0.4 is 10.6 Å². The highest BCUT2D eigenvalue weighted by Gasteiger charge is 2.41. The first-order chi connectivity index (χ1) is 11.3. The number of fused-ring (bicyclic) bond motifs is 2. The van der Waals surface area contributed by atoms with Gasteiger partial charge in [0.25, 0.3) is 0 Å². The number of ether oxygens (including phenoxy) is 1. The molecule has 2 aliphatic heterocycles. The fourth-order valence-corrected chi connectivity index (χ4v) is 4.42. The Morgan fingerprint density at radius 2 is 2.09 bits per heavy atom. The fourth-order valence-electron chi connectivity index (χ4n) is 4.42. The monoisotopic (exact) mass is 315 g/mol. The van der Waals surface area contributed by atoms with Gasteiger partial charge in [-0.2, -0.15) is 0 Å². The third-order valence-corrected chi connectivity index (χ3v) is 5.59. The van der Waals surface area contributed by atoms with E-state index in [2.05, 4.69) is 15.6 Å². The molecule has 1 aromatic rings.